The molecule has 0 radical (unpaired) electrons. The van der Waals surface area contributed by atoms with Crippen LogP contribution in [0.25, 0.3) is 0 Å². The van der Waals surface area contributed by atoms with Crippen molar-refractivity contribution in [3.8, 4) is 0 Å². The van der Waals surface area contributed by atoms with Crippen LogP contribution in [0.4, 0.5) is 14.6 Å². The Hall–Kier alpha value is -2.49. The molecule has 0 spiro atoms. The summed E-state index contributed by atoms with van der Waals surface area (Å²) in [6.45, 7) is 0.438. The molecule has 10 heteroatoms. The second kappa shape index (κ2) is 7.39. The minimum atomic E-state index is -2.91. The second-order valence-corrected chi connectivity index (χ2v) is 5.30. The standard InChI is InChI=1S/C14H19F2N5O3/c1-3-11(22)20-6-8(4-9(20)7-24-14(15)16)21-13(18-2)10(5-19-21)12(17)23/h3,5,8-9,14,18H,1,4,6-7H2,2H3,(H2,17,23)/t8-,9+/m0/s1. The number of aromatic nitrogens is 2. The molecule has 2 amide bonds. The van der Waals surface area contributed by atoms with Crippen molar-refractivity contribution >= 4 is 17.6 Å². The quantitative estimate of drug-likeness (QED) is 0.706. The number of ether oxygens (including phenoxy) is 1. The fourth-order valence-electron chi connectivity index (χ4n) is 2.87. The van der Waals surface area contributed by atoms with Gasteiger partial charge in [-0.1, -0.05) is 6.58 Å². The van der Waals surface area contributed by atoms with Crippen LogP contribution in [0.5, 0.6) is 0 Å². The van der Waals surface area contributed by atoms with Crippen LogP contribution < -0.4 is 11.1 Å². The molecular formula is C14H19F2N5O3. The molecule has 1 aliphatic heterocycles. The van der Waals surface area contributed by atoms with Crippen LogP contribution >= 0.6 is 0 Å². The van der Waals surface area contributed by atoms with Crippen molar-refractivity contribution in [2.45, 2.75) is 25.1 Å². The van der Waals surface area contributed by atoms with Crippen molar-refractivity contribution in [2.24, 2.45) is 5.73 Å². The van der Waals surface area contributed by atoms with Gasteiger partial charge in [-0.3, -0.25) is 9.59 Å². The number of rotatable bonds is 7. The number of anilines is 1. The van der Waals surface area contributed by atoms with E-state index in [-0.39, 0.29) is 30.7 Å². The molecule has 0 saturated carbocycles. The number of carbonyl (C=O) groups excluding carboxylic acids is 2. The van der Waals surface area contributed by atoms with E-state index < -0.39 is 18.6 Å². The fourth-order valence-corrected chi connectivity index (χ4v) is 2.87. The zero-order chi connectivity index (χ0) is 17.9. The number of carbonyl (C=O) groups is 2. The van der Waals surface area contributed by atoms with Crippen LogP contribution in [0, 0.1) is 0 Å². The smallest absolute Gasteiger partial charge is 0.345 e. The molecule has 0 bridgehead atoms. The van der Waals surface area contributed by atoms with Gasteiger partial charge in [0.05, 0.1) is 24.9 Å². The summed E-state index contributed by atoms with van der Waals surface area (Å²) in [4.78, 5) is 24.8. The van der Waals surface area contributed by atoms with E-state index in [1.54, 1.807) is 7.05 Å². The molecule has 24 heavy (non-hydrogen) atoms. The van der Waals surface area contributed by atoms with Crippen molar-refractivity contribution in [1.29, 1.82) is 0 Å². The number of hydrogen-bond acceptors (Lipinski definition) is 5. The lowest BCUT2D eigenvalue weighted by atomic mass is 10.2. The van der Waals surface area contributed by atoms with E-state index >= 15 is 0 Å². The van der Waals surface area contributed by atoms with Gasteiger partial charge in [-0.25, -0.2) is 4.68 Å². The highest BCUT2D eigenvalue weighted by Crippen LogP contribution is 2.31. The zero-order valence-electron chi connectivity index (χ0n) is 13.1. The van der Waals surface area contributed by atoms with Crippen LogP contribution in [-0.4, -0.2) is 59.3 Å². The molecule has 2 atom stereocenters. The maximum absolute atomic E-state index is 12.3. The fraction of sp³-hybridized carbons (Fsp3) is 0.500. The third-order valence-corrected chi connectivity index (χ3v) is 3.91. The minimum absolute atomic E-state index is 0.214. The predicted molar refractivity (Wildman–Crippen MR) is 81.6 cm³/mol. The van der Waals surface area contributed by atoms with Gasteiger partial charge in [-0.05, 0) is 12.5 Å². The molecule has 1 fully saturated rings. The molecule has 1 saturated heterocycles. The zero-order valence-corrected chi connectivity index (χ0v) is 13.1. The van der Waals surface area contributed by atoms with E-state index in [9.17, 15) is 18.4 Å². The summed E-state index contributed by atoms with van der Waals surface area (Å²) in [6, 6.07) is -0.851. The van der Waals surface area contributed by atoms with Gasteiger partial charge in [0, 0.05) is 13.6 Å². The Morgan fingerprint density at radius 1 is 1.62 bits per heavy atom. The summed E-state index contributed by atoms with van der Waals surface area (Å²) in [5, 5.41) is 6.99. The van der Waals surface area contributed by atoms with Crippen molar-refractivity contribution in [2.75, 3.05) is 25.5 Å². The molecular weight excluding hydrogens is 324 g/mol. The maximum Gasteiger partial charge on any atom is 0.345 e. The van der Waals surface area contributed by atoms with E-state index in [1.165, 1.54) is 15.8 Å². The van der Waals surface area contributed by atoms with Crippen molar-refractivity contribution in [3.63, 3.8) is 0 Å². The molecule has 0 aromatic carbocycles. The lowest BCUT2D eigenvalue weighted by Crippen LogP contribution is -2.37. The average molecular weight is 343 g/mol. The van der Waals surface area contributed by atoms with E-state index in [1.807, 2.05) is 0 Å². The topological polar surface area (TPSA) is 102 Å². The first kappa shape index (κ1) is 17.9. The first-order valence-electron chi connectivity index (χ1n) is 7.26. The largest absolute Gasteiger partial charge is 0.373 e. The molecule has 0 unspecified atom stereocenters. The number of likely N-dealkylation sites (tertiary alicyclic amines) is 1. The molecule has 3 N–H and O–H groups in total. The van der Waals surface area contributed by atoms with E-state index in [2.05, 4.69) is 21.7 Å². The molecule has 1 aromatic heterocycles. The molecule has 2 rings (SSSR count). The predicted octanol–water partition coefficient (Wildman–Crippen LogP) is 0.591. The van der Waals surface area contributed by atoms with Gasteiger partial charge in [0.15, 0.2) is 0 Å². The Bertz CT molecular complexity index is 634. The molecule has 1 aromatic rings. The SMILES string of the molecule is C=CC(=O)N1C[C@@H](n2ncc(C(N)=O)c2NC)C[C@@H]1COC(F)F. The number of halogens is 2. The lowest BCUT2D eigenvalue weighted by Gasteiger charge is -2.22. The van der Waals surface area contributed by atoms with E-state index in [0.29, 0.717) is 12.2 Å². The van der Waals surface area contributed by atoms with Gasteiger partial charge in [-0.2, -0.15) is 13.9 Å². The molecule has 0 aliphatic carbocycles. The van der Waals surface area contributed by atoms with Gasteiger partial charge < -0.3 is 20.7 Å². The molecule has 8 nitrogen and oxygen atoms in total. The average Bonchev–Trinajstić information content (AvgIpc) is 3.15. The number of hydrogen-bond donors (Lipinski definition) is 2. The monoisotopic (exact) mass is 343 g/mol. The summed E-state index contributed by atoms with van der Waals surface area (Å²) in [6.07, 6.45) is 2.80. The van der Waals surface area contributed by atoms with Crippen LogP contribution in [0.15, 0.2) is 18.9 Å². The number of primary amides is 1. The first-order chi connectivity index (χ1) is 11.4. The number of amides is 2. The number of nitrogens with one attached hydrogen (secondary N) is 1. The Labute approximate surface area is 137 Å². The normalized spacial score (nSPS) is 20.4. The number of nitrogens with zero attached hydrogens (tertiary/aromatic N) is 3. The lowest BCUT2D eigenvalue weighted by molar-refractivity contribution is -0.146. The van der Waals surface area contributed by atoms with Gasteiger partial charge in [0.2, 0.25) is 5.91 Å². The highest BCUT2D eigenvalue weighted by Gasteiger charge is 2.37. The summed E-state index contributed by atoms with van der Waals surface area (Å²) >= 11 is 0. The van der Waals surface area contributed by atoms with Crippen molar-refractivity contribution in [1.82, 2.24) is 14.7 Å². The Balaban J connectivity index is 2.24. The van der Waals surface area contributed by atoms with Crippen LogP contribution in [0.3, 0.4) is 0 Å². The highest BCUT2D eigenvalue weighted by molar-refractivity contribution is 5.97. The van der Waals surface area contributed by atoms with Crippen LogP contribution in [-0.2, 0) is 9.53 Å². The molecule has 2 heterocycles. The summed E-state index contributed by atoms with van der Waals surface area (Å²) in [5.41, 5.74) is 5.51. The van der Waals surface area contributed by atoms with Crippen molar-refractivity contribution in [3.05, 3.63) is 24.4 Å². The number of nitrogens with two attached hydrogens (primary N) is 1. The van der Waals surface area contributed by atoms with Gasteiger partial charge >= 0.3 is 6.61 Å². The van der Waals surface area contributed by atoms with Crippen molar-refractivity contribution < 1.29 is 23.1 Å². The van der Waals surface area contributed by atoms with Gasteiger partial charge in [-0.15, -0.1) is 0 Å². The third kappa shape index (κ3) is 3.53. The molecule has 132 valence electrons. The first-order valence-corrected chi connectivity index (χ1v) is 7.26. The second-order valence-electron chi connectivity index (χ2n) is 5.30. The van der Waals surface area contributed by atoms with Gasteiger partial charge in [0.25, 0.3) is 5.91 Å². The van der Waals surface area contributed by atoms with Crippen LogP contribution in [0.1, 0.15) is 22.8 Å². The summed E-state index contributed by atoms with van der Waals surface area (Å²) in [7, 11) is 1.61. The van der Waals surface area contributed by atoms with E-state index in [0.717, 1.165) is 6.08 Å². The molecule has 1 aliphatic rings. The number of alkyl halides is 2. The summed E-state index contributed by atoms with van der Waals surface area (Å²) < 4.78 is 30.5. The Morgan fingerprint density at radius 2 is 2.33 bits per heavy atom. The summed E-state index contributed by atoms with van der Waals surface area (Å²) in [5.74, 6) is -0.609. The van der Waals surface area contributed by atoms with Crippen LogP contribution in [0.2, 0.25) is 0 Å². The highest BCUT2D eigenvalue weighted by atomic mass is 19.3. The Morgan fingerprint density at radius 3 is 2.88 bits per heavy atom. The van der Waals surface area contributed by atoms with Gasteiger partial charge in [0.1, 0.15) is 11.4 Å². The third-order valence-electron chi connectivity index (χ3n) is 3.91. The maximum atomic E-state index is 12.3. The minimum Gasteiger partial charge on any atom is -0.373 e. The van der Waals surface area contributed by atoms with E-state index in [4.69, 9.17) is 5.73 Å². The Kier molecular flexibility index (Phi) is 5.50.